The molecule has 1 rings (SSSR count). The molecule has 2 atom stereocenters. The Labute approximate surface area is 60.8 Å². The van der Waals surface area contributed by atoms with Crippen molar-refractivity contribution >= 4 is 0 Å². The number of nitriles is 1. The third kappa shape index (κ3) is 1.29. The largest absolute Gasteiger partial charge is 0.243 e. The van der Waals surface area contributed by atoms with Crippen LogP contribution in [0.5, 0.6) is 0 Å². The lowest BCUT2D eigenvalue weighted by atomic mass is 9.79. The van der Waals surface area contributed by atoms with Gasteiger partial charge in [0.25, 0.3) is 0 Å². The quantitative estimate of drug-likeness (QED) is 0.508. The summed E-state index contributed by atoms with van der Waals surface area (Å²) in [7, 11) is 0. The zero-order valence-corrected chi connectivity index (χ0v) is 6.23. The minimum absolute atomic E-state index is 0.360. The summed E-state index contributed by atoms with van der Waals surface area (Å²) in [5.74, 6) is -0.360. The molecule has 0 spiro atoms. The standard InChI is InChI=1S/C8H12FN/c1-8(9)5-3-2-4-7(8)6-10/h7H,2-5H2,1H3. The molecule has 1 fully saturated rings. The van der Waals surface area contributed by atoms with Gasteiger partial charge in [-0.25, -0.2) is 4.39 Å². The van der Waals surface area contributed by atoms with Crippen LogP contribution in [-0.2, 0) is 0 Å². The fraction of sp³-hybridized carbons (Fsp3) is 0.875. The molecule has 0 heterocycles. The maximum Gasteiger partial charge on any atom is 0.124 e. The molecule has 0 bridgehead atoms. The average molecular weight is 141 g/mol. The van der Waals surface area contributed by atoms with E-state index in [9.17, 15) is 4.39 Å². The third-order valence-electron chi connectivity index (χ3n) is 2.29. The summed E-state index contributed by atoms with van der Waals surface area (Å²) in [4.78, 5) is 0. The van der Waals surface area contributed by atoms with Gasteiger partial charge < -0.3 is 0 Å². The van der Waals surface area contributed by atoms with E-state index in [4.69, 9.17) is 5.26 Å². The van der Waals surface area contributed by atoms with Gasteiger partial charge in [0.2, 0.25) is 0 Å². The Balaban J connectivity index is 2.62. The highest BCUT2D eigenvalue weighted by Gasteiger charge is 2.36. The number of rotatable bonds is 0. The summed E-state index contributed by atoms with van der Waals surface area (Å²) in [6.45, 7) is 1.54. The molecule has 0 aliphatic heterocycles. The molecule has 56 valence electrons. The van der Waals surface area contributed by atoms with Crippen LogP contribution in [0.4, 0.5) is 4.39 Å². The van der Waals surface area contributed by atoms with Crippen LogP contribution in [0.3, 0.4) is 0 Å². The normalized spacial score (nSPS) is 40.7. The first kappa shape index (κ1) is 7.53. The first-order valence-electron chi connectivity index (χ1n) is 3.75. The Hall–Kier alpha value is -0.580. The Bertz CT molecular complexity index is 157. The van der Waals surface area contributed by atoms with Gasteiger partial charge in [-0.2, -0.15) is 5.26 Å². The lowest BCUT2D eigenvalue weighted by Crippen LogP contribution is -2.31. The molecule has 1 nitrogen and oxygen atoms in total. The molecule has 1 saturated carbocycles. The van der Waals surface area contributed by atoms with E-state index in [1.54, 1.807) is 6.92 Å². The van der Waals surface area contributed by atoms with Crippen LogP contribution < -0.4 is 0 Å². The molecule has 0 aromatic carbocycles. The summed E-state index contributed by atoms with van der Waals surface area (Å²) in [5, 5.41) is 8.54. The number of halogens is 1. The second-order valence-electron chi connectivity index (χ2n) is 3.21. The maximum absolute atomic E-state index is 13.3. The van der Waals surface area contributed by atoms with E-state index >= 15 is 0 Å². The van der Waals surface area contributed by atoms with Gasteiger partial charge in [0, 0.05) is 0 Å². The Morgan fingerprint density at radius 3 is 2.70 bits per heavy atom. The van der Waals surface area contributed by atoms with Crippen molar-refractivity contribution in [3.05, 3.63) is 0 Å². The molecule has 2 unspecified atom stereocenters. The van der Waals surface area contributed by atoms with Crippen LogP contribution >= 0.6 is 0 Å². The fourth-order valence-corrected chi connectivity index (χ4v) is 1.49. The molecule has 0 aromatic rings. The second kappa shape index (κ2) is 2.57. The molecule has 0 amide bonds. The fourth-order valence-electron chi connectivity index (χ4n) is 1.49. The minimum Gasteiger partial charge on any atom is -0.243 e. The lowest BCUT2D eigenvalue weighted by molar-refractivity contribution is 0.0877. The van der Waals surface area contributed by atoms with E-state index in [0.717, 1.165) is 19.3 Å². The highest BCUT2D eigenvalue weighted by molar-refractivity contribution is 4.98. The minimum atomic E-state index is -1.22. The van der Waals surface area contributed by atoms with Crippen molar-refractivity contribution in [2.75, 3.05) is 0 Å². The van der Waals surface area contributed by atoms with Crippen molar-refractivity contribution in [1.29, 1.82) is 5.26 Å². The number of nitrogens with zero attached hydrogens (tertiary/aromatic N) is 1. The molecule has 1 aliphatic rings. The van der Waals surface area contributed by atoms with Crippen LogP contribution in [0.15, 0.2) is 0 Å². The first-order chi connectivity index (χ1) is 4.67. The van der Waals surface area contributed by atoms with Crippen molar-refractivity contribution in [2.24, 2.45) is 5.92 Å². The van der Waals surface area contributed by atoms with Crippen LogP contribution in [0, 0.1) is 17.2 Å². The lowest BCUT2D eigenvalue weighted by Gasteiger charge is -2.29. The smallest absolute Gasteiger partial charge is 0.124 e. The molecular weight excluding hydrogens is 129 g/mol. The molecule has 1 aliphatic carbocycles. The maximum atomic E-state index is 13.3. The van der Waals surface area contributed by atoms with Crippen LogP contribution in [0.25, 0.3) is 0 Å². The van der Waals surface area contributed by atoms with Gasteiger partial charge in [-0.15, -0.1) is 0 Å². The monoisotopic (exact) mass is 141 g/mol. The summed E-state index contributed by atoms with van der Waals surface area (Å²) < 4.78 is 13.3. The number of alkyl halides is 1. The van der Waals surface area contributed by atoms with Crippen molar-refractivity contribution in [3.8, 4) is 6.07 Å². The van der Waals surface area contributed by atoms with E-state index in [1.165, 1.54) is 0 Å². The summed E-state index contributed by atoms with van der Waals surface area (Å²) >= 11 is 0. The third-order valence-corrected chi connectivity index (χ3v) is 2.29. The van der Waals surface area contributed by atoms with Gasteiger partial charge in [-0.1, -0.05) is 12.8 Å². The van der Waals surface area contributed by atoms with Gasteiger partial charge >= 0.3 is 0 Å². The first-order valence-corrected chi connectivity index (χ1v) is 3.75. The van der Waals surface area contributed by atoms with Crippen LogP contribution in [0.2, 0.25) is 0 Å². The van der Waals surface area contributed by atoms with Crippen molar-refractivity contribution in [1.82, 2.24) is 0 Å². The molecular formula is C8H12FN. The Kier molecular flexibility index (Phi) is 1.94. The second-order valence-corrected chi connectivity index (χ2v) is 3.21. The highest BCUT2D eigenvalue weighted by Crippen LogP contribution is 2.35. The SMILES string of the molecule is CC1(F)CCCCC1C#N. The molecule has 10 heavy (non-hydrogen) atoms. The molecule has 0 saturated heterocycles. The van der Waals surface area contributed by atoms with E-state index < -0.39 is 5.67 Å². The van der Waals surface area contributed by atoms with Gasteiger partial charge in [-0.05, 0) is 19.8 Å². The topological polar surface area (TPSA) is 23.8 Å². The predicted octanol–water partition coefficient (Wildman–Crippen LogP) is 2.43. The zero-order chi connectivity index (χ0) is 7.61. The number of hydrogen-bond acceptors (Lipinski definition) is 1. The molecule has 0 N–H and O–H groups in total. The summed E-state index contributed by atoms with van der Waals surface area (Å²) in [5.41, 5.74) is -1.22. The summed E-state index contributed by atoms with van der Waals surface area (Å²) in [6, 6.07) is 2.02. The van der Waals surface area contributed by atoms with Gasteiger partial charge in [0.15, 0.2) is 0 Å². The molecule has 0 radical (unpaired) electrons. The van der Waals surface area contributed by atoms with E-state index in [0.29, 0.717) is 6.42 Å². The van der Waals surface area contributed by atoms with Crippen molar-refractivity contribution in [2.45, 2.75) is 38.3 Å². The van der Waals surface area contributed by atoms with E-state index in [1.807, 2.05) is 6.07 Å². The summed E-state index contributed by atoms with van der Waals surface area (Å²) in [6.07, 6.45) is 3.25. The Morgan fingerprint density at radius 1 is 1.60 bits per heavy atom. The van der Waals surface area contributed by atoms with Gasteiger partial charge in [0.05, 0.1) is 12.0 Å². The predicted molar refractivity (Wildman–Crippen MR) is 37.1 cm³/mol. The van der Waals surface area contributed by atoms with Crippen LogP contribution in [0.1, 0.15) is 32.6 Å². The van der Waals surface area contributed by atoms with Gasteiger partial charge in [-0.3, -0.25) is 0 Å². The van der Waals surface area contributed by atoms with Crippen LogP contribution in [-0.4, -0.2) is 5.67 Å². The molecule has 2 heteroatoms. The number of hydrogen-bond donors (Lipinski definition) is 0. The highest BCUT2D eigenvalue weighted by atomic mass is 19.1. The van der Waals surface area contributed by atoms with E-state index in [2.05, 4.69) is 0 Å². The van der Waals surface area contributed by atoms with E-state index in [-0.39, 0.29) is 5.92 Å². The van der Waals surface area contributed by atoms with Gasteiger partial charge in [0.1, 0.15) is 5.67 Å². The zero-order valence-electron chi connectivity index (χ0n) is 6.23. The van der Waals surface area contributed by atoms with Crippen molar-refractivity contribution < 1.29 is 4.39 Å². The van der Waals surface area contributed by atoms with Crippen molar-refractivity contribution in [3.63, 3.8) is 0 Å². The molecule has 0 aromatic heterocycles. The Morgan fingerprint density at radius 2 is 2.30 bits per heavy atom. The average Bonchev–Trinajstić information content (AvgIpc) is 1.87.